The lowest BCUT2D eigenvalue weighted by molar-refractivity contribution is -0.154. The zero-order valence-electron chi connectivity index (χ0n) is 13.2. The summed E-state index contributed by atoms with van der Waals surface area (Å²) in [5.41, 5.74) is -0.163. The van der Waals surface area contributed by atoms with E-state index in [9.17, 15) is 0 Å². The first-order valence-electron chi connectivity index (χ1n) is 7.19. The van der Waals surface area contributed by atoms with Gasteiger partial charge in [-0.2, -0.15) is 5.10 Å². The number of nitrogens with zero attached hydrogens (tertiary/aromatic N) is 4. The van der Waals surface area contributed by atoms with Crippen molar-refractivity contribution >= 4 is 0 Å². The van der Waals surface area contributed by atoms with Gasteiger partial charge < -0.3 is 9.47 Å². The highest BCUT2D eigenvalue weighted by Crippen LogP contribution is 2.22. The predicted octanol–water partition coefficient (Wildman–Crippen LogP) is 1.48. The summed E-state index contributed by atoms with van der Waals surface area (Å²) in [5.74, 6) is 1.01. The summed E-state index contributed by atoms with van der Waals surface area (Å²) in [6.07, 6.45) is 1.74. The van der Waals surface area contributed by atoms with Crippen molar-refractivity contribution in [3.8, 4) is 0 Å². The third-order valence-corrected chi connectivity index (χ3v) is 3.41. The van der Waals surface area contributed by atoms with Crippen molar-refractivity contribution in [1.82, 2.24) is 19.7 Å². The molecule has 0 saturated carbocycles. The normalized spacial score (nSPS) is 23.4. The van der Waals surface area contributed by atoms with Gasteiger partial charge in [-0.3, -0.25) is 4.90 Å². The van der Waals surface area contributed by atoms with Gasteiger partial charge in [0.1, 0.15) is 12.2 Å². The van der Waals surface area contributed by atoms with Crippen molar-refractivity contribution in [1.29, 1.82) is 0 Å². The summed E-state index contributed by atoms with van der Waals surface area (Å²) in [6, 6.07) is 0.330. The quantitative estimate of drug-likeness (QED) is 0.819. The first-order chi connectivity index (χ1) is 9.41. The van der Waals surface area contributed by atoms with Crippen LogP contribution in [0.25, 0.3) is 0 Å². The van der Waals surface area contributed by atoms with E-state index in [1.54, 1.807) is 13.4 Å². The Morgan fingerprint density at radius 3 is 2.90 bits per heavy atom. The molecule has 1 aliphatic rings. The molecule has 1 saturated heterocycles. The molecule has 6 nitrogen and oxygen atoms in total. The van der Waals surface area contributed by atoms with Crippen LogP contribution in [0.3, 0.4) is 0 Å². The number of rotatable bonds is 5. The van der Waals surface area contributed by atoms with Crippen LogP contribution in [0.5, 0.6) is 0 Å². The second kappa shape index (κ2) is 6.20. The molecule has 1 unspecified atom stereocenters. The summed E-state index contributed by atoms with van der Waals surface area (Å²) in [5, 5.41) is 4.30. The summed E-state index contributed by atoms with van der Waals surface area (Å²) in [7, 11) is 1.71. The fourth-order valence-corrected chi connectivity index (χ4v) is 2.83. The van der Waals surface area contributed by atoms with E-state index in [0.717, 1.165) is 25.5 Å². The molecule has 0 aromatic carbocycles. The van der Waals surface area contributed by atoms with E-state index in [-0.39, 0.29) is 11.7 Å². The van der Waals surface area contributed by atoms with Crippen LogP contribution in [-0.4, -0.2) is 58.2 Å². The summed E-state index contributed by atoms with van der Waals surface area (Å²) < 4.78 is 13.2. The zero-order valence-corrected chi connectivity index (χ0v) is 13.2. The van der Waals surface area contributed by atoms with Gasteiger partial charge in [0.05, 0.1) is 24.9 Å². The van der Waals surface area contributed by atoms with Gasteiger partial charge in [-0.15, -0.1) is 0 Å². The molecule has 2 heterocycles. The van der Waals surface area contributed by atoms with Gasteiger partial charge in [0.15, 0.2) is 0 Å². The Bertz CT molecular complexity index is 431. The molecule has 20 heavy (non-hydrogen) atoms. The third-order valence-electron chi connectivity index (χ3n) is 3.41. The lowest BCUT2D eigenvalue weighted by Gasteiger charge is -2.42. The fraction of sp³-hybridized carbons (Fsp3) is 0.857. The Balaban J connectivity index is 2.05. The SMILES string of the molecule is COCC1CN(Cc2ncnn2C(C)C)CC(C)(C)O1. The minimum Gasteiger partial charge on any atom is -0.382 e. The van der Waals surface area contributed by atoms with Crippen LogP contribution in [-0.2, 0) is 16.0 Å². The molecule has 6 heteroatoms. The van der Waals surface area contributed by atoms with Gasteiger partial charge in [-0.05, 0) is 27.7 Å². The summed E-state index contributed by atoms with van der Waals surface area (Å²) in [6.45, 7) is 11.6. The van der Waals surface area contributed by atoms with Crippen LogP contribution >= 0.6 is 0 Å². The molecule has 0 N–H and O–H groups in total. The predicted molar refractivity (Wildman–Crippen MR) is 76.5 cm³/mol. The van der Waals surface area contributed by atoms with Gasteiger partial charge in [-0.25, -0.2) is 9.67 Å². The molecule has 0 radical (unpaired) electrons. The number of methoxy groups -OCH3 is 1. The number of hydrogen-bond donors (Lipinski definition) is 0. The van der Waals surface area contributed by atoms with Crippen molar-refractivity contribution in [2.24, 2.45) is 0 Å². The van der Waals surface area contributed by atoms with Gasteiger partial charge in [0.2, 0.25) is 0 Å². The van der Waals surface area contributed by atoms with E-state index in [4.69, 9.17) is 9.47 Å². The summed E-state index contributed by atoms with van der Waals surface area (Å²) >= 11 is 0. The molecule has 1 aromatic heterocycles. The Kier molecular flexibility index (Phi) is 4.78. The molecule has 1 fully saturated rings. The average molecular weight is 282 g/mol. The Morgan fingerprint density at radius 2 is 2.25 bits per heavy atom. The molecule has 1 aliphatic heterocycles. The average Bonchev–Trinajstić information content (AvgIpc) is 2.75. The molecule has 0 spiro atoms. The first kappa shape index (κ1) is 15.4. The zero-order chi connectivity index (χ0) is 14.8. The van der Waals surface area contributed by atoms with E-state index < -0.39 is 0 Å². The molecule has 1 atom stereocenters. The number of aromatic nitrogens is 3. The topological polar surface area (TPSA) is 52.4 Å². The van der Waals surface area contributed by atoms with Crippen LogP contribution < -0.4 is 0 Å². The van der Waals surface area contributed by atoms with Crippen LogP contribution in [0, 0.1) is 0 Å². The van der Waals surface area contributed by atoms with E-state index in [0.29, 0.717) is 12.6 Å². The smallest absolute Gasteiger partial charge is 0.141 e. The lowest BCUT2D eigenvalue weighted by Crippen LogP contribution is -2.53. The molecule has 0 amide bonds. The second-order valence-electron chi connectivity index (χ2n) is 6.34. The van der Waals surface area contributed by atoms with Crippen molar-refractivity contribution in [2.45, 2.75) is 52.0 Å². The Labute approximate surface area is 121 Å². The van der Waals surface area contributed by atoms with E-state index in [1.165, 1.54) is 0 Å². The van der Waals surface area contributed by atoms with Crippen molar-refractivity contribution in [2.75, 3.05) is 26.8 Å². The molecular formula is C14H26N4O2. The molecule has 1 aromatic rings. The Morgan fingerprint density at radius 1 is 1.50 bits per heavy atom. The Hall–Kier alpha value is -0.980. The standard InChI is InChI=1S/C14H26N4O2/c1-11(2)18-13(15-10-16-18)7-17-6-12(8-19-5)20-14(3,4)9-17/h10-12H,6-9H2,1-5H3. The highest BCUT2D eigenvalue weighted by molar-refractivity contribution is 4.91. The maximum absolute atomic E-state index is 6.03. The molecule has 2 rings (SSSR count). The molecule has 0 bridgehead atoms. The van der Waals surface area contributed by atoms with Crippen LogP contribution in [0.15, 0.2) is 6.33 Å². The second-order valence-corrected chi connectivity index (χ2v) is 6.34. The maximum Gasteiger partial charge on any atom is 0.141 e. The van der Waals surface area contributed by atoms with Gasteiger partial charge >= 0.3 is 0 Å². The molecular weight excluding hydrogens is 256 g/mol. The fourth-order valence-electron chi connectivity index (χ4n) is 2.83. The number of morpholine rings is 1. The van der Waals surface area contributed by atoms with Crippen molar-refractivity contribution in [3.05, 3.63) is 12.2 Å². The third kappa shape index (κ3) is 3.77. The largest absolute Gasteiger partial charge is 0.382 e. The highest BCUT2D eigenvalue weighted by atomic mass is 16.5. The van der Waals surface area contributed by atoms with Gasteiger partial charge in [0, 0.05) is 26.2 Å². The maximum atomic E-state index is 6.03. The minimum absolute atomic E-state index is 0.110. The van der Waals surface area contributed by atoms with Gasteiger partial charge in [-0.1, -0.05) is 0 Å². The van der Waals surface area contributed by atoms with Gasteiger partial charge in [0.25, 0.3) is 0 Å². The molecule has 0 aliphatic carbocycles. The number of ether oxygens (including phenoxy) is 2. The lowest BCUT2D eigenvalue weighted by atomic mass is 10.1. The molecule has 114 valence electrons. The minimum atomic E-state index is -0.163. The van der Waals surface area contributed by atoms with Crippen molar-refractivity contribution in [3.63, 3.8) is 0 Å². The van der Waals surface area contributed by atoms with E-state index >= 15 is 0 Å². The van der Waals surface area contributed by atoms with Crippen LogP contribution in [0.4, 0.5) is 0 Å². The number of hydrogen-bond acceptors (Lipinski definition) is 5. The highest BCUT2D eigenvalue weighted by Gasteiger charge is 2.33. The monoisotopic (exact) mass is 282 g/mol. The van der Waals surface area contributed by atoms with E-state index in [1.807, 2.05) is 4.68 Å². The van der Waals surface area contributed by atoms with Crippen LogP contribution in [0.1, 0.15) is 39.6 Å². The van der Waals surface area contributed by atoms with Crippen LogP contribution in [0.2, 0.25) is 0 Å². The first-order valence-corrected chi connectivity index (χ1v) is 7.19. The summed E-state index contributed by atoms with van der Waals surface area (Å²) in [4.78, 5) is 6.76. The van der Waals surface area contributed by atoms with E-state index in [2.05, 4.69) is 42.7 Å². The van der Waals surface area contributed by atoms with Crippen molar-refractivity contribution < 1.29 is 9.47 Å².